The summed E-state index contributed by atoms with van der Waals surface area (Å²) in [5.41, 5.74) is 2.99. The molecule has 0 saturated heterocycles. The number of carbonyl (C=O) groups is 1. The van der Waals surface area contributed by atoms with Crippen molar-refractivity contribution in [3.63, 3.8) is 0 Å². The fraction of sp³-hybridized carbons (Fsp3) is 0.312. The van der Waals surface area contributed by atoms with Crippen molar-refractivity contribution in [2.45, 2.75) is 19.8 Å². The van der Waals surface area contributed by atoms with E-state index < -0.39 is 0 Å². The predicted octanol–water partition coefficient (Wildman–Crippen LogP) is 3.56. The summed E-state index contributed by atoms with van der Waals surface area (Å²) in [6.45, 7) is 8.87. The Bertz CT molecular complexity index is 448. The predicted molar refractivity (Wildman–Crippen MR) is 78.1 cm³/mol. The van der Waals surface area contributed by atoms with Crippen LogP contribution in [0.25, 0.3) is 0 Å². The van der Waals surface area contributed by atoms with Crippen molar-refractivity contribution in [3.05, 3.63) is 54.1 Å². The lowest BCUT2D eigenvalue weighted by molar-refractivity contribution is -0.104. The normalized spacial score (nSPS) is 12.4. The molecule has 0 N–H and O–H groups in total. The van der Waals surface area contributed by atoms with Gasteiger partial charge in [-0.2, -0.15) is 0 Å². The fourth-order valence-electron chi connectivity index (χ4n) is 1.80. The van der Waals surface area contributed by atoms with E-state index in [1.165, 1.54) is 11.3 Å². The summed E-state index contributed by atoms with van der Waals surface area (Å²) >= 11 is 0. The van der Waals surface area contributed by atoms with Crippen LogP contribution < -0.4 is 4.90 Å². The number of anilines is 1. The third-order valence-corrected chi connectivity index (χ3v) is 3.06. The van der Waals surface area contributed by atoms with Crippen molar-refractivity contribution >= 4 is 12.0 Å². The summed E-state index contributed by atoms with van der Waals surface area (Å²) in [6, 6.07) is 8.34. The van der Waals surface area contributed by atoms with Crippen molar-refractivity contribution in [2.24, 2.45) is 0 Å². The van der Waals surface area contributed by atoms with E-state index in [-0.39, 0.29) is 5.92 Å². The largest absolute Gasteiger partial charge is 0.375 e. The molecular formula is C16H21NO. The molecule has 0 saturated carbocycles. The topological polar surface area (TPSA) is 20.3 Å². The number of nitrogens with zero attached hydrogens (tertiary/aromatic N) is 1. The zero-order chi connectivity index (χ0) is 13.5. The maximum absolute atomic E-state index is 10.5. The van der Waals surface area contributed by atoms with E-state index in [4.69, 9.17) is 0 Å². The molecule has 0 aromatic heterocycles. The molecule has 0 aliphatic carbocycles. The smallest absolute Gasteiger partial charge is 0.149 e. The molecule has 1 atom stereocenters. The highest BCUT2D eigenvalue weighted by molar-refractivity contribution is 5.76. The summed E-state index contributed by atoms with van der Waals surface area (Å²) in [5.74, 6) is 0.256. The van der Waals surface area contributed by atoms with Crippen LogP contribution in [0.3, 0.4) is 0 Å². The van der Waals surface area contributed by atoms with Crippen LogP contribution in [-0.2, 0) is 4.79 Å². The first kappa shape index (κ1) is 14.2. The standard InChI is InChI=1S/C16H21NO/c1-5-17(4)16-9-7-6-8-15(16)14(3)11-10-13(2)12-18/h6-12,14H,2,5H2,1,3-4H3/b11-10-. The number of carbonyl (C=O) groups excluding carboxylic acids is 1. The number of hydrogen-bond acceptors (Lipinski definition) is 2. The van der Waals surface area contributed by atoms with Crippen LogP contribution in [0.5, 0.6) is 0 Å². The molecule has 96 valence electrons. The minimum Gasteiger partial charge on any atom is -0.375 e. The Morgan fingerprint density at radius 2 is 2.11 bits per heavy atom. The van der Waals surface area contributed by atoms with Crippen LogP contribution in [0, 0.1) is 0 Å². The van der Waals surface area contributed by atoms with Crippen LogP contribution in [0.4, 0.5) is 5.69 Å². The zero-order valence-corrected chi connectivity index (χ0v) is 11.4. The Kier molecular flexibility index (Phi) is 5.37. The number of aldehydes is 1. The van der Waals surface area contributed by atoms with Gasteiger partial charge < -0.3 is 4.90 Å². The first-order chi connectivity index (χ1) is 8.60. The Morgan fingerprint density at radius 1 is 1.44 bits per heavy atom. The van der Waals surface area contributed by atoms with Crippen LogP contribution in [-0.4, -0.2) is 19.9 Å². The SMILES string of the molecule is C=C(C=O)/C=C\C(C)c1ccccc1N(C)CC. The maximum atomic E-state index is 10.5. The highest BCUT2D eigenvalue weighted by atomic mass is 16.1. The van der Waals surface area contributed by atoms with Crippen molar-refractivity contribution < 1.29 is 4.79 Å². The van der Waals surface area contributed by atoms with Crippen LogP contribution >= 0.6 is 0 Å². The van der Waals surface area contributed by atoms with Crippen molar-refractivity contribution in [2.75, 3.05) is 18.5 Å². The number of rotatable bonds is 6. The third-order valence-electron chi connectivity index (χ3n) is 3.06. The van der Waals surface area contributed by atoms with E-state index in [1.54, 1.807) is 6.08 Å². The molecule has 0 radical (unpaired) electrons. The molecule has 1 aromatic carbocycles. The van der Waals surface area contributed by atoms with E-state index in [9.17, 15) is 4.79 Å². The summed E-state index contributed by atoms with van der Waals surface area (Å²) in [7, 11) is 2.08. The molecular weight excluding hydrogens is 222 g/mol. The number of para-hydroxylation sites is 1. The van der Waals surface area contributed by atoms with E-state index in [0.717, 1.165) is 12.8 Å². The molecule has 0 aliphatic rings. The molecule has 2 heteroatoms. The highest BCUT2D eigenvalue weighted by Gasteiger charge is 2.09. The van der Waals surface area contributed by atoms with Gasteiger partial charge in [-0.05, 0) is 18.6 Å². The molecule has 0 bridgehead atoms. The zero-order valence-electron chi connectivity index (χ0n) is 11.4. The van der Waals surface area contributed by atoms with Gasteiger partial charge in [-0.3, -0.25) is 4.79 Å². The molecule has 0 spiro atoms. The van der Waals surface area contributed by atoms with E-state index in [1.807, 2.05) is 18.2 Å². The lowest BCUT2D eigenvalue weighted by Gasteiger charge is -2.22. The van der Waals surface area contributed by atoms with Gasteiger partial charge in [0, 0.05) is 30.8 Å². The van der Waals surface area contributed by atoms with Gasteiger partial charge in [0.05, 0.1) is 0 Å². The molecule has 1 aromatic rings. The first-order valence-corrected chi connectivity index (χ1v) is 6.22. The second kappa shape index (κ2) is 6.80. The maximum Gasteiger partial charge on any atom is 0.149 e. The summed E-state index contributed by atoms with van der Waals surface area (Å²) < 4.78 is 0. The lowest BCUT2D eigenvalue weighted by Crippen LogP contribution is -2.17. The molecule has 0 heterocycles. The third kappa shape index (κ3) is 3.59. The molecule has 18 heavy (non-hydrogen) atoms. The van der Waals surface area contributed by atoms with Gasteiger partial charge in [0.1, 0.15) is 6.29 Å². The van der Waals surface area contributed by atoms with Crippen molar-refractivity contribution in [3.8, 4) is 0 Å². The lowest BCUT2D eigenvalue weighted by atomic mass is 9.97. The van der Waals surface area contributed by atoms with Crippen LogP contribution in [0.15, 0.2) is 48.6 Å². The molecule has 1 rings (SSSR count). The molecule has 0 fully saturated rings. The Balaban J connectivity index is 2.98. The number of hydrogen-bond donors (Lipinski definition) is 0. The average Bonchev–Trinajstić information content (AvgIpc) is 2.43. The van der Waals surface area contributed by atoms with Gasteiger partial charge in [-0.25, -0.2) is 0 Å². The van der Waals surface area contributed by atoms with Gasteiger partial charge in [0.2, 0.25) is 0 Å². The summed E-state index contributed by atoms with van der Waals surface area (Å²) in [4.78, 5) is 12.7. The Labute approximate surface area is 110 Å². The van der Waals surface area contributed by atoms with Crippen LogP contribution in [0.1, 0.15) is 25.3 Å². The van der Waals surface area contributed by atoms with Gasteiger partial charge in [-0.1, -0.05) is 43.9 Å². The van der Waals surface area contributed by atoms with Crippen molar-refractivity contribution in [1.29, 1.82) is 0 Å². The number of allylic oxidation sites excluding steroid dienone is 3. The van der Waals surface area contributed by atoms with Gasteiger partial charge >= 0.3 is 0 Å². The minimum absolute atomic E-state index is 0.256. The van der Waals surface area contributed by atoms with Crippen LogP contribution in [0.2, 0.25) is 0 Å². The molecule has 2 nitrogen and oxygen atoms in total. The molecule has 1 unspecified atom stereocenters. The summed E-state index contributed by atoms with van der Waals surface area (Å²) in [5, 5.41) is 0. The second-order valence-electron chi connectivity index (χ2n) is 4.41. The second-order valence-corrected chi connectivity index (χ2v) is 4.41. The summed E-state index contributed by atoms with van der Waals surface area (Å²) in [6.07, 6.45) is 4.56. The van der Waals surface area contributed by atoms with Gasteiger partial charge in [-0.15, -0.1) is 0 Å². The quantitative estimate of drug-likeness (QED) is 0.432. The van der Waals surface area contributed by atoms with E-state index in [2.05, 4.69) is 44.5 Å². The van der Waals surface area contributed by atoms with E-state index >= 15 is 0 Å². The molecule has 0 aliphatic heterocycles. The highest BCUT2D eigenvalue weighted by Crippen LogP contribution is 2.27. The Morgan fingerprint density at radius 3 is 2.72 bits per heavy atom. The monoisotopic (exact) mass is 243 g/mol. The minimum atomic E-state index is 0.256. The van der Waals surface area contributed by atoms with Gasteiger partial charge in [0.15, 0.2) is 0 Å². The number of benzene rings is 1. The average molecular weight is 243 g/mol. The van der Waals surface area contributed by atoms with Gasteiger partial charge in [0.25, 0.3) is 0 Å². The molecule has 0 amide bonds. The first-order valence-electron chi connectivity index (χ1n) is 6.22. The Hall–Kier alpha value is -1.83. The van der Waals surface area contributed by atoms with Crippen molar-refractivity contribution in [1.82, 2.24) is 0 Å². The van der Waals surface area contributed by atoms with E-state index in [0.29, 0.717) is 5.57 Å². The fourth-order valence-corrected chi connectivity index (χ4v) is 1.80.